The van der Waals surface area contributed by atoms with Gasteiger partial charge in [0.2, 0.25) is 0 Å². The first kappa shape index (κ1) is 19.2. The molecular formula is C19H22N2O5S2. The molecule has 0 aliphatic carbocycles. The molecule has 0 radical (unpaired) electrons. The van der Waals surface area contributed by atoms with Crippen molar-refractivity contribution < 1.29 is 22.7 Å². The van der Waals surface area contributed by atoms with E-state index in [0.29, 0.717) is 47.6 Å². The van der Waals surface area contributed by atoms with E-state index in [1.54, 1.807) is 30.3 Å². The van der Waals surface area contributed by atoms with Crippen LogP contribution in [0.3, 0.4) is 0 Å². The SMILES string of the molecule is O=C(NCc1ccc(S(=O)(=O)N2CCCC2)s1)c1ccc2c(c1)OCCCO2. The molecule has 1 saturated heterocycles. The molecule has 4 rings (SSSR count). The summed E-state index contributed by atoms with van der Waals surface area (Å²) in [6, 6.07) is 8.48. The van der Waals surface area contributed by atoms with Crippen LogP contribution in [0.5, 0.6) is 11.5 Å². The zero-order valence-electron chi connectivity index (χ0n) is 15.3. The van der Waals surface area contributed by atoms with E-state index in [2.05, 4.69) is 5.32 Å². The van der Waals surface area contributed by atoms with Gasteiger partial charge < -0.3 is 14.8 Å². The third kappa shape index (κ3) is 4.01. The van der Waals surface area contributed by atoms with Gasteiger partial charge in [0.1, 0.15) is 4.21 Å². The first-order chi connectivity index (χ1) is 13.5. The maximum absolute atomic E-state index is 12.6. The zero-order valence-corrected chi connectivity index (χ0v) is 17.0. The minimum atomic E-state index is -3.41. The van der Waals surface area contributed by atoms with Gasteiger partial charge in [-0.25, -0.2) is 8.42 Å². The fourth-order valence-corrected chi connectivity index (χ4v) is 6.19. The molecule has 0 atom stereocenters. The lowest BCUT2D eigenvalue weighted by molar-refractivity contribution is 0.0951. The molecule has 0 unspecified atom stereocenters. The van der Waals surface area contributed by atoms with E-state index in [0.717, 1.165) is 24.1 Å². The molecule has 1 fully saturated rings. The molecule has 2 aliphatic rings. The monoisotopic (exact) mass is 422 g/mol. The Labute approximate surface area is 168 Å². The van der Waals surface area contributed by atoms with Gasteiger partial charge in [0.05, 0.1) is 19.8 Å². The van der Waals surface area contributed by atoms with E-state index in [4.69, 9.17) is 9.47 Å². The number of fused-ring (bicyclic) bond motifs is 1. The molecule has 7 nitrogen and oxygen atoms in total. The van der Waals surface area contributed by atoms with E-state index in [1.807, 2.05) is 0 Å². The number of nitrogens with zero attached hydrogens (tertiary/aromatic N) is 1. The molecule has 0 bridgehead atoms. The normalized spacial score (nSPS) is 17.3. The van der Waals surface area contributed by atoms with Gasteiger partial charge in [-0.3, -0.25) is 4.79 Å². The Hall–Kier alpha value is -2.10. The Bertz CT molecular complexity index is 964. The molecule has 0 spiro atoms. The molecule has 1 aromatic heterocycles. The van der Waals surface area contributed by atoms with Gasteiger partial charge in [-0.1, -0.05) is 0 Å². The van der Waals surface area contributed by atoms with E-state index >= 15 is 0 Å². The number of amides is 1. The smallest absolute Gasteiger partial charge is 0.252 e. The lowest BCUT2D eigenvalue weighted by atomic mass is 10.2. The molecule has 9 heteroatoms. The van der Waals surface area contributed by atoms with E-state index in [9.17, 15) is 13.2 Å². The minimum Gasteiger partial charge on any atom is -0.490 e. The van der Waals surface area contributed by atoms with Crippen molar-refractivity contribution in [2.45, 2.75) is 30.0 Å². The lowest BCUT2D eigenvalue weighted by Crippen LogP contribution is -2.27. The van der Waals surface area contributed by atoms with Gasteiger partial charge in [-0.2, -0.15) is 4.31 Å². The second-order valence-corrected chi connectivity index (χ2v) is 10.1. The van der Waals surface area contributed by atoms with Crippen LogP contribution in [0.2, 0.25) is 0 Å². The van der Waals surface area contributed by atoms with Gasteiger partial charge in [0.25, 0.3) is 15.9 Å². The Morgan fingerprint density at radius 3 is 2.57 bits per heavy atom. The standard InChI is InChI=1S/C19H22N2O5S2/c22-19(14-4-6-16-17(12-14)26-11-3-10-25-16)20-13-15-5-7-18(27-15)28(23,24)21-8-1-2-9-21/h4-7,12H,1-3,8-11,13H2,(H,20,22). The summed E-state index contributed by atoms with van der Waals surface area (Å²) in [4.78, 5) is 13.3. The fraction of sp³-hybridized carbons (Fsp3) is 0.421. The molecule has 1 aromatic carbocycles. The van der Waals surface area contributed by atoms with Gasteiger partial charge in [0.15, 0.2) is 11.5 Å². The van der Waals surface area contributed by atoms with Crippen LogP contribution in [0.1, 0.15) is 34.5 Å². The second kappa shape index (κ2) is 8.10. The third-order valence-corrected chi connectivity index (χ3v) is 8.18. The first-order valence-electron chi connectivity index (χ1n) is 9.31. The summed E-state index contributed by atoms with van der Waals surface area (Å²) in [5, 5.41) is 2.84. The van der Waals surface area contributed by atoms with Crippen molar-refractivity contribution in [3.63, 3.8) is 0 Å². The lowest BCUT2D eigenvalue weighted by Gasteiger charge is -2.13. The van der Waals surface area contributed by atoms with Crippen LogP contribution in [0.15, 0.2) is 34.5 Å². The minimum absolute atomic E-state index is 0.243. The van der Waals surface area contributed by atoms with Crippen molar-refractivity contribution in [3.8, 4) is 11.5 Å². The molecule has 2 aromatic rings. The maximum Gasteiger partial charge on any atom is 0.252 e. The number of ether oxygens (including phenoxy) is 2. The number of hydrogen-bond donors (Lipinski definition) is 1. The number of carbonyl (C=O) groups excluding carboxylic acids is 1. The highest BCUT2D eigenvalue weighted by molar-refractivity contribution is 7.91. The molecule has 2 aliphatic heterocycles. The topological polar surface area (TPSA) is 84.9 Å². The third-order valence-electron chi connectivity index (χ3n) is 4.73. The largest absolute Gasteiger partial charge is 0.490 e. The Balaban J connectivity index is 1.40. The van der Waals surface area contributed by atoms with E-state index < -0.39 is 10.0 Å². The summed E-state index contributed by atoms with van der Waals surface area (Å²) in [6.07, 6.45) is 2.61. The highest BCUT2D eigenvalue weighted by atomic mass is 32.2. The van der Waals surface area contributed by atoms with Gasteiger partial charge in [-0.15, -0.1) is 11.3 Å². The Morgan fingerprint density at radius 2 is 1.79 bits per heavy atom. The van der Waals surface area contributed by atoms with Crippen LogP contribution in [0, 0.1) is 0 Å². The summed E-state index contributed by atoms with van der Waals surface area (Å²) in [6.45, 7) is 2.58. The summed E-state index contributed by atoms with van der Waals surface area (Å²) < 4.78 is 38.2. The predicted molar refractivity (Wildman–Crippen MR) is 106 cm³/mol. The first-order valence-corrected chi connectivity index (χ1v) is 11.6. The quantitative estimate of drug-likeness (QED) is 0.801. The number of thiophene rings is 1. The fourth-order valence-electron chi connectivity index (χ4n) is 3.22. The number of benzene rings is 1. The summed E-state index contributed by atoms with van der Waals surface area (Å²) in [5.41, 5.74) is 0.478. The van der Waals surface area contributed by atoms with Crippen LogP contribution < -0.4 is 14.8 Å². The number of carbonyl (C=O) groups is 1. The van der Waals surface area contributed by atoms with E-state index in [1.165, 1.54) is 15.6 Å². The van der Waals surface area contributed by atoms with Crippen molar-refractivity contribution in [1.29, 1.82) is 0 Å². The van der Waals surface area contributed by atoms with Crippen molar-refractivity contribution in [2.75, 3.05) is 26.3 Å². The summed E-state index contributed by atoms with van der Waals surface area (Å²) >= 11 is 1.20. The Morgan fingerprint density at radius 1 is 1.04 bits per heavy atom. The zero-order chi connectivity index (χ0) is 19.6. The predicted octanol–water partition coefficient (Wildman–Crippen LogP) is 2.62. The molecule has 1 amide bonds. The van der Waals surface area contributed by atoms with Gasteiger partial charge in [0, 0.05) is 30.0 Å². The van der Waals surface area contributed by atoms with Crippen LogP contribution in [0.4, 0.5) is 0 Å². The van der Waals surface area contributed by atoms with Crippen LogP contribution in [0.25, 0.3) is 0 Å². The van der Waals surface area contributed by atoms with Crippen LogP contribution in [-0.4, -0.2) is 44.9 Å². The highest BCUT2D eigenvalue weighted by Crippen LogP contribution is 2.31. The van der Waals surface area contributed by atoms with Gasteiger partial charge in [-0.05, 0) is 43.2 Å². The number of hydrogen-bond acceptors (Lipinski definition) is 6. The summed E-state index contributed by atoms with van der Waals surface area (Å²) in [7, 11) is -3.41. The van der Waals surface area contributed by atoms with Crippen LogP contribution in [-0.2, 0) is 16.6 Å². The second-order valence-electron chi connectivity index (χ2n) is 6.73. The average Bonchev–Trinajstić information content (AvgIpc) is 3.35. The Kier molecular flexibility index (Phi) is 5.56. The van der Waals surface area contributed by atoms with Gasteiger partial charge >= 0.3 is 0 Å². The molecule has 3 heterocycles. The molecule has 1 N–H and O–H groups in total. The van der Waals surface area contributed by atoms with Crippen LogP contribution >= 0.6 is 11.3 Å². The molecular weight excluding hydrogens is 400 g/mol. The number of sulfonamides is 1. The molecule has 0 saturated carbocycles. The van der Waals surface area contributed by atoms with Crippen molar-refractivity contribution in [3.05, 3.63) is 40.8 Å². The average molecular weight is 423 g/mol. The number of rotatable bonds is 5. The highest BCUT2D eigenvalue weighted by Gasteiger charge is 2.28. The molecule has 28 heavy (non-hydrogen) atoms. The summed E-state index contributed by atoms with van der Waals surface area (Å²) in [5.74, 6) is 0.970. The number of nitrogens with one attached hydrogen (secondary N) is 1. The van der Waals surface area contributed by atoms with Crippen molar-refractivity contribution in [2.24, 2.45) is 0 Å². The van der Waals surface area contributed by atoms with E-state index in [-0.39, 0.29) is 12.5 Å². The maximum atomic E-state index is 12.6. The molecule has 150 valence electrons. The van der Waals surface area contributed by atoms with Crippen molar-refractivity contribution in [1.82, 2.24) is 9.62 Å². The van der Waals surface area contributed by atoms with Crippen molar-refractivity contribution >= 4 is 27.3 Å².